The van der Waals surface area contributed by atoms with Crippen LogP contribution in [0.1, 0.15) is 33.6 Å². The van der Waals surface area contributed by atoms with Gasteiger partial charge in [-0.15, -0.1) is 0 Å². The van der Waals surface area contributed by atoms with E-state index in [0.29, 0.717) is 6.04 Å². The molecule has 0 N–H and O–H groups in total. The van der Waals surface area contributed by atoms with E-state index in [2.05, 4.69) is 30.5 Å². The second-order valence-corrected chi connectivity index (χ2v) is 6.12. The number of ether oxygens (including phenoxy) is 1. The van der Waals surface area contributed by atoms with Crippen LogP contribution in [0.4, 0.5) is 0 Å². The first kappa shape index (κ1) is 11.9. The lowest BCUT2D eigenvalue weighted by atomic mass is 9.68. The first-order chi connectivity index (χ1) is 7.48. The van der Waals surface area contributed by atoms with Crippen molar-refractivity contribution in [3.05, 3.63) is 11.4 Å². The van der Waals surface area contributed by atoms with E-state index in [1.807, 2.05) is 0 Å². The van der Waals surface area contributed by atoms with Crippen LogP contribution >= 0.6 is 0 Å². The lowest BCUT2D eigenvalue weighted by Crippen LogP contribution is -2.56. The molecule has 0 aliphatic carbocycles. The third-order valence-corrected chi connectivity index (χ3v) is 4.37. The predicted molar refractivity (Wildman–Crippen MR) is 64.2 cm³/mol. The molecule has 0 unspecified atom stereocenters. The molecule has 0 atom stereocenters. The largest absolute Gasteiger partial charge is 0.378 e. The average Bonchev–Trinajstić information content (AvgIpc) is 2.15. The minimum Gasteiger partial charge on any atom is -0.378 e. The van der Waals surface area contributed by atoms with E-state index in [1.165, 1.54) is 0 Å². The van der Waals surface area contributed by atoms with Gasteiger partial charge in [0.2, 0.25) is 5.54 Å². The Morgan fingerprint density at radius 3 is 2.12 bits per heavy atom. The third-order valence-electron chi connectivity index (χ3n) is 4.37. The maximum atomic E-state index is 7.51. The van der Waals surface area contributed by atoms with Crippen molar-refractivity contribution in [1.82, 2.24) is 4.90 Å². The van der Waals surface area contributed by atoms with Gasteiger partial charge in [-0.25, -0.2) is 6.57 Å². The van der Waals surface area contributed by atoms with Gasteiger partial charge >= 0.3 is 0 Å². The van der Waals surface area contributed by atoms with Gasteiger partial charge in [-0.3, -0.25) is 4.90 Å². The van der Waals surface area contributed by atoms with Crippen LogP contribution in [0.25, 0.3) is 4.85 Å². The van der Waals surface area contributed by atoms with Gasteiger partial charge in [-0.2, -0.15) is 0 Å². The summed E-state index contributed by atoms with van der Waals surface area (Å²) in [6, 6.07) is 0.628. The zero-order valence-corrected chi connectivity index (χ0v) is 10.6. The van der Waals surface area contributed by atoms with Gasteiger partial charge in [0.15, 0.2) is 0 Å². The van der Waals surface area contributed by atoms with Crippen LogP contribution in [0, 0.1) is 12.0 Å². The second kappa shape index (κ2) is 4.01. The molecule has 0 aromatic heterocycles. The molecule has 0 saturated carbocycles. The Morgan fingerprint density at radius 2 is 1.81 bits per heavy atom. The smallest absolute Gasteiger partial charge is 0.239 e. The van der Waals surface area contributed by atoms with Gasteiger partial charge in [0, 0.05) is 31.3 Å². The Morgan fingerprint density at radius 1 is 1.25 bits per heavy atom. The van der Waals surface area contributed by atoms with Crippen molar-refractivity contribution in [2.75, 3.05) is 26.3 Å². The molecule has 0 aromatic carbocycles. The highest BCUT2D eigenvalue weighted by atomic mass is 16.5. The number of hydrogen-bond acceptors (Lipinski definition) is 2. The van der Waals surface area contributed by atoms with E-state index in [9.17, 15) is 0 Å². The van der Waals surface area contributed by atoms with Gasteiger partial charge in [-0.1, -0.05) is 20.8 Å². The van der Waals surface area contributed by atoms with Gasteiger partial charge in [0.25, 0.3) is 0 Å². The van der Waals surface area contributed by atoms with Gasteiger partial charge in [0.1, 0.15) is 0 Å². The second-order valence-electron chi connectivity index (χ2n) is 6.12. The van der Waals surface area contributed by atoms with E-state index in [1.54, 1.807) is 0 Å². The van der Waals surface area contributed by atoms with Crippen LogP contribution < -0.4 is 0 Å². The highest BCUT2D eigenvalue weighted by Crippen LogP contribution is 2.42. The Balaban J connectivity index is 1.99. The fourth-order valence-electron chi connectivity index (χ4n) is 2.72. The van der Waals surface area contributed by atoms with Crippen LogP contribution in [-0.2, 0) is 4.74 Å². The summed E-state index contributed by atoms with van der Waals surface area (Å²) >= 11 is 0. The molecule has 0 aromatic rings. The summed E-state index contributed by atoms with van der Waals surface area (Å²) < 4.78 is 5.23. The number of nitrogens with zero attached hydrogens (tertiary/aromatic N) is 2. The van der Waals surface area contributed by atoms with E-state index in [-0.39, 0.29) is 11.0 Å². The minimum atomic E-state index is -0.145. The van der Waals surface area contributed by atoms with Crippen molar-refractivity contribution in [3.63, 3.8) is 0 Å². The van der Waals surface area contributed by atoms with E-state index in [4.69, 9.17) is 11.3 Å². The summed E-state index contributed by atoms with van der Waals surface area (Å²) in [5.41, 5.74) is -0.0505. The monoisotopic (exact) mass is 222 g/mol. The molecule has 0 spiro atoms. The number of likely N-dealkylation sites (tertiary alicyclic amines) is 1. The van der Waals surface area contributed by atoms with Crippen LogP contribution in [-0.4, -0.2) is 42.8 Å². The molecule has 2 aliphatic rings. The Hall–Kier alpha value is -0.590. The standard InChI is InChI=1S/C13H22N2O/c1-12(2,3)13(14-4)5-7-15(8-6-13)11-9-16-10-11/h11H,5-10H2,1-3H3. The average molecular weight is 222 g/mol. The first-order valence-corrected chi connectivity index (χ1v) is 6.19. The third kappa shape index (κ3) is 1.85. The first-order valence-electron chi connectivity index (χ1n) is 6.19. The maximum absolute atomic E-state index is 7.51. The number of hydrogen-bond donors (Lipinski definition) is 0. The van der Waals surface area contributed by atoms with Crippen LogP contribution in [0.15, 0.2) is 0 Å². The van der Waals surface area contributed by atoms with Crippen molar-refractivity contribution in [2.24, 2.45) is 5.41 Å². The zero-order valence-electron chi connectivity index (χ0n) is 10.6. The Kier molecular flexibility index (Phi) is 2.98. The van der Waals surface area contributed by atoms with Crippen LogP contribution in [0.3, 0.4) is 0 Å². The molecular weight excluding hydrogens is 200 g/mol. The van der Waals surface area contributed by atoms with Crippen molar-refractivity contribution in [1.29, 1.82) is 0 Å². The molecule has 2 saturated heterocycles. The minimum absolute atomic E-state index is 0.0942. The van der Waals surface area contributed by atoms with Crippen molar-refractivity contribution < 1.29 is 4.74 Å². The summed E-state index contributed by atoms with van der Waals surface area (Å²) in [5.74, 6) is 0. The van der Waals surface area contributed by atoms with E-state index >= 15 is 0 Å². The van der Waals surface area contributed by atoms with Crippen LogP contribution in [0.5, 0.6) is 0 Å². The van der Waals surface area contributed by atoms with Gasteiger partial charge < -0.3 is 9.58 Å². The van der Waals surface area contributed by atoms with Crippen molar-refractivity contribution >= 4 is 0 Å². The molecule has 2 fully saturated rings. The molecule has 0 amide bonds. The Labute approximate surface area is 98.6 Å². The molecule has 2 aliphatic heterocycles. The summed E-state index contributed by atoms with van der Waals surface area (Å²) in [6.45, 7) is 18.0. The summed E-state index contributed by atoms with van der Waals surface area (Å²) in [4.78, 5) is 6.48. The number of rotatable bonds is 1. The number of piperidine rings is 1. The molecule has 90 valence electrons. The molecular formula is C13H22N2O. The predicted octanol–water partition coefficient (Wildman–Crippen LogP) is 2.19. The summed E-state index contributed by atoms with van der Waals surface area (Å²) in [7, 11) is 0. The quantitative estimate of drug-likeness (QED) is 0.632. The molecule has 2 heterocycles. The highest BCUT2D eigenvalue weighted by molar-refractivity contribution is 5.09. The molecule has 0 bridgehead atoms. The lowest BCUT2D eigenvalue weighted by molar-refractivity contribution is -0.0780. The Bertz CT molecular complexity index is 288. The maximum Gasteiger partial charge on any atom is 0.239 e. The van der Waals surface area contributed by atoms with E-state index < -0.39 is 0 Å². The molecule has 3 nitrogen and oxygen atoms in total. The van der Waals surface area contributed by atoms with E-state index in [0.717, 1.165) is 39.1 Å². The molecule has 16 heavy (non-hydrogen) atoms. The summed E-state index contributed by atoms with van der Waals surface area (Å²) in [6.07, 6.45) is 2.02. The van der Waals surface area contributed by atoms with Crippen LogP contribution in [0.2, 0.25) is 0 Å². The van der Waals surface area contributed by atoms with Crippen molar-refractivity contribution in [3.8, 4) is 0 Å². The highest BCUT2D eigenvalue weighted by Gasteiger charge is 2.51. The fourth-order valence-corrected chi connectivity index (χ4v) is 2.72. The van der Waals surface area contributed by atoms with Crippen molar-refractivity contribution in [2.45, 2.75) is 45.2 Å². The zero-order chi connectivity index (χ0) is 11.8. The molecule has 0 radical (unpaired) electrons. The molecule has 3 heteroatoms. The van der Waals surface area contributed by atoms with Gasteiger partial charge in [0.05, 0.1) is 19.3 Å². The normalized spacial score (nSPS) is 27.1. The topological polar surface area (TPSA) is 16.8 Å². The lowest BCUT2D eigenvalue weighted by Gasteiger charge is -2.45. The fraction of sp³-hybridized carbons (Fsp3) is 0.923. The molecule has 2 rings (SSSR count). The summed E-state index contributed by atoms with van der Waals surface area (Å²) in [5, 5.41) is 0. The van der Waals surface area contributed by atoms with Gasteiger partial charge in [-0.05, 0) is 0 Å². The SMILES string of the molecule is [C-]#[N+]C1(C(C)(C)C)CCN(C2COC2)CC1.